The van der Waals surface area contributed by atoms with Gasteiger partial charge in [0.05, 0.1) is 6.61 Å². The number of hydrogen-bond donors (Lipinski definition) is 2. The normalized spacial score (nSPS) is 12.4. The average molecular weight is 224 g/mol. The third-order valence-corrected chi connectivity index (χ3v) is 2.45. The van der Waals surface area contributed by atoms with Gasteiger partial charge in [-0.2, -0.15) is 0 Å². The molecule has 1 aromatic heterocycles. The Morgan fingerprint density at radius 3 is 2.94 bits per heavy atom. The number of hydrogen-bond acceptors (Lipinski definition) is 2. The van der Waals surface area contributed by atoms with Crippen LogP contribution in [0.25, 0.3) is 0 Å². The number of nitrogens with one attached hydrogen (secondary N) is 1. The lowest BCUT2D eigenvalue weighted by atomic mass is 10.2. The molecule has 1 atom stereocenters. The zero-order valence-electron chi connectivity index (χ0n) is 9.94. The summed E-state index contributed by atoms with van der Waals surface area (Å²) in [4.78, 5) is 11.6. The highest BCUT2D eigenvalue weighted by atomic mass is 16.3. The fraction of sp³-hybridized carbons (Fsp3) is 0.583. The molecule has 0 saturated heterocycles. The van der Waals surface area contributed by atoms with Crippen molar-refractivity contribution in [3.63, 3.8) is 0 Å². The molecule has 0 bridgehead atoms. The van der Waals surface area contributed by atoms with Crippen LogP contribution in [0, 0.1) is 0 Å². The highest BCUT2D eigenvalue weighted by Crippen LogP contribution is 2.01. The van der Waals surface area contributed by atoms with E-state index in [0.29, 0.717) is 6.54 Å². The van der Waals surface area contributed by atoms with Crippen LogP contribution in [-0.2, 0) is 17.9 Å². The molecule has 1 heterocycles. The maximum atomic E-state index is 11.6. The molecule has 0 aliphatic heterocycles. The van der Waals surface area contributed by atoms with Gasteiger partial charge < -0.3 is 15.0 Å². The van der Waals surface area contributed by atoms with Crippen LogP contribution in [0.1, 0.15) is 32.3 Å². The summed E-state index contributed by atoms with van der Waals surface area (Å²) in [5.41, 5.74) is 0.828. The molecule has 1 unspecified atom stereocenters. The fourth-order valence-electron chi connectivity index (χ4n) is 1.67. The molecule has 2 N–H and O–H groups in total. The number of nitrogens with zero attached hydrogens (tertiary/aromatic N) is 1. The maximum Gasteiger partial charge on any atom is 0.240 e. The van der Waals surface area contributed by atoms with Crippen LogP contribution in [0.2, 0.25) is 0 Å². The second-order valence-electron chi connectivity index (χ2n) is 4.11. The molecule has 0 aliphatic rings. The number of aliphatic hydroxyl groups is 1. The van der Waals surface area contributed by atoms with Crippen molar-refractivity contribution in [1.29, 1.82) is 0 Å². The smallest absolute Gasteiger partial charge is 0.240 e. The molecule has 16 heavy (non-hydrogen) atoms. The highest BCUT2D eigenvalue weighted by molar-refractivity contribution is 5.76. The molecule has 0 radical (unpaired) electrons. The van der Waals surface area contributed by atoms with E-state index in [0.717, 1.165) is 18.4 Å². The first-order valence-corrected chi connectivity index (χ1v) is 5.70. The van der Waals surface area contributed by atoms with Crippen molar-refractivity contribution in [3.05, 3.63) is 24.0 Å². The van der Waals surface area contributed by atoms with E-state index in [1.54, 1.807) is 17.0 Å². The van der Waals surface area contributed by atoms with Crippen molar-refractivity contribution >= 4 is 5.91 Å². The van der Waals surface area contributed by atoms with E-state index >= 15 is 0 Å². The van der Waals surface area contributed by atoms with Gasteiger partial charge in [-0.1, -0.05) is 13.3 Å². The Morgan fingerprint density at radius 1 is 1.62 bits per heavy atom. The largest absolute Gasteiger partial charge is 0.392 e. The van der Waals surface area contributed by atoms with Crippen molar-refractivity contribution in [2.75, 3.05) is 0 Å². The topological polar surface area (TPSA) is 54.3 Å². The van der Waals surface area contributed by atoms with Gasteiger partial charge in [-0.3, -0.25) is 4.79 Å². The predicted molar refractivity (Wildman–Crippen MR) is 62.9 cm³/mol. The monoisotopic (exact) mass is 224 g/mol. The van der Waals surface area contributed by atoms with Crippen LogP contribution in [0.15, 0.2) is 18.5 Å². The van der Waals surface area contributed by atoms with Crippen LogP contribution in [0.5, 0.6) is 0 Å². The summed E-state index contributed by atoms with van der Waals surface area (Å²) in [6.07, 6.45) is 5.65. The van der Waals surface area contributed by atoms with Crippen LogP contribution >= 0.6 is 0 Å². The first-order chi connectivity index (χ1) is 7.65. The Hall–Kier alpha value is -1.29. The Kier molecular flexibility index (Phi) is 5.05. The van der Waals surface area contributed by atoms with Gasteiger partial charge >= 0.3 is 0 Å². The lowest BCUT2D eigenvalue weighted by molar-refractivity contribution is -0.122. The maximum absolute atomic E-state index is 11.6. The Bertz CT molecular complexity index is 334. The molecule has 0 saturated carbocycles. The second-order valence-corrected chi connectivity index (χ2v) is 4.11. The SMILES string of the molecule is CCCC(C)NC(=O)Cn1ccc(CO)c1. The van der Waals surface area contributed by atoms with E-state index in [4.69, 9.17) is 5.11 Å². The van der Waals surface area contributed by atoms with Crippen molar-refractivity contribution in [3.8, 4) is 0 Å². The molecule has 1 rings (SSSR count). The molecule has 0 fully saturated rings. The van der Waals surface area contributed by atoms with Crippen LogP contribution in [0.4, 0.5) is 0 Å². The molecular formula is C12H20N2O2. The number of carbonyl (C=O) groups excluding carboxylic acids is 1. The van der Waals surface area contributed by atoms with Gasteiger partial charge in [0.25, 0.3) is 0 Å². The van der Waals surface area contributed by atoms with Gasteiger partial charge in [0.2, 0.25) is 5.91 Å². The van der Waals surface area contributed by atoms with Crippen LogP contribution in [-0.4, -0.2) is 21.6 Å². The second kappa shape index (κ2) is 6.33. The Balaban J connectivity index is 2.39. The standard InChI is InChI=1S/C12H20N2O2/c1-3-4-10(2)13-12(16)8-14-6-5-11(7-14)9-15/h5-7,10,15H,3-4,8-9H2,1-2H3,(H,13,16). The number of aliphatic hydroxyl groups excluding tert-OH is 1. The van der Waals surface area contributed by atoms with Crippen molar-refractivity contribution < 1.29 is 9.90 Å². The van der Waals surface area contributed by atoms with Gasteiger partial charge in [-0.15, -0.1) is 0 Å². The average Bonchev–Trinajstić information content (AvgIpc) is 2.65. The minimum absolute atomic E-state index is 0.0147. The molecular weight excluding hydrogens is 204 g/mol. The van der Waals surface area contributed by atoms with Gasteiger partial charge in [0.15, 0.2) is 0 Å². The molecule has 4 heteroatoms. The molecule has 1 amide bonds. The molecule has 4 nitrogen and oxygen atoms in total. The zero-order valence-corrected chi connectivity index (χ0v) is 9.94. The number of amides is 1. The first-order valence-electron chi connectivity index (χ1n) is 5.70. The fourth-order valence-corrected chi connectivity index (χ4v) is 1.67. The van der Waals surface area contributed by atoms with Crippen molar-refractivity contribution in [2.24, 2.45) is 0 Å². The minimum atomic E-state index is 0.0147. The van der Waals surface area contributed by atoms with Gasteiger partial charge in [-0.25, -0.2) is 0 Å². The van der Waals surface area contributed by atoms with E-state index in [1.807, 2.05) is 13.0 Å². The minimum Gasteiger partial charge on any atom is -0.392 e. The number of aromatic nitrogens is 1. The van der Waals surface area contributed by atoms with E-state index in [9.17, 15) is 4.79 Å². The summed E-state index contributed by atoms with van der Waals surface area (Å²) in [5.74, 6) is 0.0149. The van der Waals surface area contributed by atoms with Gasteiger partial charge in [-0.05, 0) is 25.0 Å². The third kappa shape index (κ3) is 4.06. The first kappa shape index (κ1) is 12.8. The Labute approximate surface area is 96.3 Å². The molecule has 90 valence electrons. The van der Waals surface area contributed by atoms with E-state index in [1.165, 1.54) is 0 Å². The van der Waals surface area contributed by atoms with Crippen molar-refractivity contribution in [2.45, 2.75) is 45.9 Å². The van der Waals surface area contributed by atoms with E-state index in [2.05, 4.69) is 12.2 Å². The summed E-state index contributed by atoms with van der Waals surface area (Å²) in [5, 5.41) is 11.8. The summed E-state index contributed by atoms with van der Waals surface area (Å²) in [6, 6.07) is 2.04. The lowest BCUT2D eigenvalue weighted by Gasteiger charge is -2.12. The number of rotatable bonds is 6. The van der Waals surface area contributed by atoms with Crippen molar-refractivity contribution in [1.82, 2.24) is 9.88 Å². The van der Waals surface area contributed by atoms with Gasteiger partial charge in [0, 0.05) is 18.4 Å². The quantitative estimate of drug-likeness (QED) is 0.765. The molecule has 1 aromatic rings. The van der Waals surface area contributed by atoms with Gasteiger partial charge in [0.1, 0.15) is 6.54 Å². The Morgan fingerprint density at radius 2 is 2.38 bits per heavy atom. The van der Waals surface area contributed by atoms with Crippen LogP contribution < -0.4 is 5.32 Å². The van der Waals surface area contributed by atoms with Crippen LogP contribution in [0.3, 0.4) is 0 Å². The molecule has 0 aliphatic carbocycles. The highest BCUT2D eigenvalue weighted by Gasteiger charge is 2.07. The van der Waals surface area contributed by atoms with E-state index in [-0.39, 0.29) is 18.6 Å². The summed E-state index contributed by atoms with van der Waals surface area (Å²) < 4.78 is 1.78. The van der Waals surface area contributed by atoms with E-state index < -0.39 is 0 Å². The third-order valence-electron chi connectivity index (χ3n) is 2.45. The summed E-state index contributed by atoms with van der Waals surface area (Å²) >= 11 is 0. The molecule has 0 aromatic carbocycles. The molecule has 0 spiro atoms. The lowest BCUT2D eigenvalue weighted by Crippen LogP contribution is -2.34. The predicted octanol–water partition coefficient (Wildman–Crippen LogP) is 1.29. The summed E-state index contributed by atoms with van der Waals surface area (Å²) in [7, 11) is 0. The zero-order chi connectivity index (χ0) is 12.0. The number of carbonyl (C=O) groups is 1. The summed E-state index contributed by atoms with van der Waals surface area (Å²) in [6.45, 7) is 4.44.